The Balaban J connectivity index is 3.04. The molecule has 0 unspecified atom stereocenters. The van der Waals surface area contributed by atoms with Crippen molar-refractivity contribution < 1.29 is 14.3 Å². The van der Waals surface area contributed by atoms with E-state index in [4.69, 9.17) is 4.74 Å². The Labute approximate surface area is 145 Å². The van der Waals surface area contributed by atoms with Gasteiger partial charge in [-0.1, -0.05) is 26.0 Å². The first-order valence-electron chi connectivity index (χ1n) is 8.65. The first-order valence-corrected chi connectivity index (χ1v) is 8.65. The molecule has 1 aromatic rings. The molecule has 1 aromatic carbocycles. The highest BCUT2D eigenvalue weighted by Gasteiger charge is 2.28. The fourth-order valence-electron chi connectivity index (χ4n) is 2.63. The maximum absolute atomic E-state index is 12.6. The second kappa shape index (κ2) is 9.96. The van der Waals surface area contributed by atoms with Crippen LogP contribution < -0.4 is 10.1 Å². The molecule has 0 radical (unpaired) electrons. The van der Waals surface area contributed by atoms with Crippen LogP contribution in [0, 0.1) is 0 Å². The number of hydrogen-bond donors (Lipinski definition) is 1. The lowest BCUT2D eigenvalue weighted by atomic mass is 10.1. The Hall–Kier alpha value is -2.04. The third-order valence-corrected chi connectivity index (χ3v) is 3.77. The molecule has 134 valence electrons. The zero-order valence-electron chi connectivity index (χ0n) is 15.5. The topological polar surface area (TPSA) is 58.6 Å². The summed E-state index contributed by atoms with van der Waals surface area (Å²) in [6.45, 7) is 8.15. The summed E-state index contributed by atoms with van der Waals surface area (Å²) in [7, 11) is 1.62. The minimum Gasteiger partial charge on any atom is -0.497 e. The number of hydrogen-bond acceptors (Lipinski definition) is 3. The van der Waals surface area contributed by atoms with Gasteiger partial charge in [0.15, 0.2) is 0 Å². The lowest BCUT2D eigenvalue weighted by Gasteiger charge is -2.31. The number of amides is 2. The van der Waals surface area contributed by atoms with Gasteiger partial charge in [0.1, 0.15) is 11.8 Å². The van der Waals surface area contributed by atoms with E-state index < -0.39 is 6.04 Å². The summed E-state index contributed by atoms with van der Waals surface area (Å²) >= 11 is 0. The molecule has 0 saturated carbocycles. The molecular weight excluding hydrogens is 304 g/mol. The highest BCUT2D eigenvalue weighted by molar-refractivity contribution is 5.87. The molecule has 1 N–H and O–H groups in total. The summed E-state index contributed by atoms with van der Waals surface area (Å²) in [4.78, 5) is 26.8. The van der Waals surface area contributed by atoms with Crippen molar-refractivity contribution in [3.63, 3.8) is 0 Å². The molecular formula is C19H30N2O3. The molecule has 0 aliphatic heterocycles. The largest absolute Gasteiger partial charge is 0.497 e. The van der Waals surface area contributed by atoms with Crippen LogP contribution in [0.25, 0.3) is 0 Å². The maximum atomic E-state index is 12.6. The number of methoxy groups -OCH3 is 1. The summed E-state index contributed by atoms with van der Waals surface area (Å²) in [5.41, 5.74) is 0.953. The third kappa shape index (κ3) is 5.87. The molecule has 0 aromatic heterocycles. The second-order valence-corrected chi connectivity index (χ2v) is 6.21. The maximum Gasteiger partial charge on any atom is 0.243 e. The van der Waals surface area contributed by atoms with Gasteiger partial charge in [-0.15, -0.1) is 0 Å². The molecule has 0 aliphatic carbocycles. The van der Waals surface area contributed by atoms with Crippen molar-refractivity contribution in [1.82, 2.24) is 10.2 Å². The molecule has 0 aliphatic rings. The number of rotatable bonds is 9. The Kier molecular flexibility index (Phi) is 8.30. The second-order valence-electron chi connectivity index (χ2n) is 6.21. The fourth-order valence-corrected chi connectivity index (χ4v) is 2.63. The van der Waals surface area contributed by atoms with Crippen LogP contribution in [0.3, 0.4) is 0 Å². The van der Waals surface area contributed by atoms with Crippen LogP contribution in [0.5, 0.6) is 5.75 Å². The Morgan fingerprint density at radius 2 is 1.96 bits per heavy atom. The standard InChI is InChI=1S/C19H30N2O3/c1-6-9-18(22)21(17(7-2)19(23)20-14(3)4)13-15-10-8-11-16(12-15)24-5/h8,10-12,14,17H,6-7,9,13H2,1-5H3,(H,20,23)/t17-/m0/s1. The zero-order valence-corrected chi connectivity index (χ0v) is 15.5. The predicted molar refractivity (Wildman–Crippen MR) is 95.8 cm³/mol. The van der Waals surface area contributed by atoms with Crippen molar-refractivity contribution in [2.45, 2.75) is 65.6 Å². The monoisotopic (exact) mass is 334 g/mol. The van der Waals surface area contributed by atoms with E-state index in [1.807, 2.05) is 52.0 Å². The smallest absolute Gasteiger partial charge is 0.243 e. The van der Waals surface area contributed by atoms with Gasteiger partial charge in [-0.05, 0) is 44.4 Å². The number of carbonyl (C=O) groups is 2. The van der Waals surface area contributed by atoms with Crippen LogP contribution in [0.2, 0.25) is 0 Å². The SMILES string of the molecule is CCCC(=O)N(Cc1cccc(OC)c1)[C@@H](CC)C(=O)NC(C)C. The van der Waals surface area contributed by atoms with E-state index in [-0.39, 0.29) is 17.9 Å². The lowest BCUT2D eigenvalue weighted by Crippen LogP contribution is -2.50. The minimum absolute atomic E-state index is 0.00563. The van der Waals surface area contributed by atoms with Crippen LogP contribution in [-0.2, 0) is 16.1 Å². The van der Waals surface area contributed by atoms with E-state index in [1.165, 1.54) is 0 Å². The van der Waals surface area contributed by atoms with Crippen molar-refractivity contribution >= 4 is 11.8 Å². The van der Waals surface area contributed by atoms with Crippen molar-refractivity contribution in [3.8, 4) is 5.75 Å². The van der Waals surface area contributed by atoms with Crippen molar-refractivity contribution in [2.75, 3.05) is 7.11 Å². The molecule has 1 rings (SSSR count). The highest BCUT2D eigenvalue weighted by atomic mass is 16.5. The van der Waals surface area contributed by atoms with Gasteiger partial charge in [0.2, 0.25) is 11.8 Å². The summed E-state index contributed by atoms with van der Waals surface area (Å²) < 4.78 is 5.25. The Bertz CT molecular complexity index is 543. The summed E-state index contributed by atoms with van der Waals surface area (Å²) in [5, 5.41) is 2.92. The number of benzene rings is 1. The van der Waals surface area contributed by atoms with Gasteiger partial charge >= 0.3 is 0 Å². The molecule has 1 atom stereocenters. The van der Waals surface area contributed by atoms with Gasteiger partial charge in [-0.2, -0.15) is 0 Å². The van der Waals surface area contributed by atoms with Gasteiger partial charge < -0.3 is 15.0 Å². The Morgan fingerprint density at radius 1 is 1.25 bits per heavy atom. The average Bonchev–Trinajstić information content (AvgIpc) is 2.54. The van der Waals surface area contributed by atoms with Gasteiger partial charge in [0.05, 0.1) is 7.11 Å². The van der Waals surface area contributed by atoms with Gasteiger partial charge in [-0.25, -0.2) is 0 Å². The van der Waals surface area contributed by atoms with Crippen LogP contribution in [0.15, 0.2) is 24.3 Å². The van der Waals surface area contributed by atoms with Gasteiger partial charge in [0, 0.05) is 19.0 Å². The van der Waals surface area contributed by atoms with Crippen molar-refractivity contribution in [2.24, 2.45) is 0 Å². The van der Waals surface area contributed by atoms with E-state index in [1.54, 1.807) is 12.0 Å². The molecule has 0 fully saturated rings. The fraction of sp³-hybridized carbons (Fsp3) is 0.579. The lowest BCUT2D eigenvalue weighted by molar-refractivity contribution is -0.141. The summed E-state index contributed by atoms with van der Waals surface area (Å²) in [6.07, 6.45) is 1.78. The first-order chi connectivity index (χ1) is 11.4. The molecule has 24 heavy (non-hydrogen) atoms. The van der Waals surface area contributed by atoms with Gasteiger partial charge in [-0.3, -0.25) is 9.59 Å². The first kappa shape index (κ1) is 20.0. The van der Waals surface area contributed by atoms with E-state index in [0.29, 0.717) is 19.4 Å². The average molecular weight is 334 g/mol. The molecule has 0 bridgehead atoms. The van der Waals surface area contributed by atoms with E-state index in [0.717, 1.165) is 17.7 Å². The van der Waals surface area contributed by atoms with E-state index in [2.05, 4.69) is 5.32 Å². The quantitative estimate of drug-likeness (QED) is 0.755. The number of nitrogens with zero attached hydrogens (tertiary/aromatic N) is 1. The van der Waals surface area contributed by atoms with Crippen molar-refractivity contribution in [3.05, 3.63) is 29.8 Å². The predicted octanol–water partition coefficient (Wildman–Crippen LogP) is 3.13. The van der Waals surface area contributed by atoms with Crippen molar-refractivity contribution in [1.29, 1.82) is 0 Å². The molecule has 5 nitrogen and oxygen atoms in total. The Morgan fingerprint density at radius 3 is 2.50 bits per heavy atom. The third-order valence-electron chi connectivity index (χ3n) is 3.77. The summed E-state index contributed by atoms with van der Waals surface area (Å²) in [5.74, 6) is 0.654. The van der Waals surface area contributed by atoms with Crippen LogP contribution in [-0.4, -0.2) is 35.9 Å². The molecule has 0 heterocycles. The van der Waals surface area contributed by atoms with E-state index >= 15 is 0 Å². The number of ether oxygens (including phenoxy) is 1. The zero-order chi connectivity index (χ0) is 18.1. The van der Waals surface area contributed by atoms with Crippen LogP contribution in [0.4, 0.5) is 0 Å². The minimum atomic E-state index is -0.461. The van der Waals surface area contributed by atoms with Crippen LogP contribution in [0.1, 0.15) is 52.5 Å². The molecule has 0 saturated heterocycles. The van der Waals surface area contributed by atoms with Crippen LogP contribution >= 0.6 is 0 Å². The highest BCUT2D eigenvalue weighted by Crippen LogP contribution is 2.18. The molecule has 2 amide bonds. The number of carbonyl (C=O) groups excluding carboxylic acids is 2. The molecule has 0 spiro atoms. The number of nitrogens with one attached hydrogen (secondary N) is 1. The molecule has 5 heteroatoms. The van der Waals surface area contributed by atoms with Gasteiger partial charge in [0.25, 0.3) is 0 Å². The summed E-state index contributed by atoms with van der Waals surface area (Å²) in [6, 6.07) is 7.20. The normalized spacial score (nSPS) is 11.9. The van der Waals surface area contributed by atoms with E-state index in [9.17, 15) is 9.59 Å².